The quantitative estimate of drug-likeness (QED) is 0.250. The summed E-state index contributed by atoms with van der Waals surface area (Å²) in [5, 5.41) is 2.45. The number of halogens is 3. The maximum absolute atomic E-state index is 12.6. The molecule has 12 heteroatoms. The maximum Gasteiger partial charge on any atom is 0.534 e. The molecule has 0 heterocycles. The minimum absolute atomic E-state index is 0.0213. The van der Waals surface area contributed by atoms with Crippen LogP contribution in [-0.2, 0) is 30.8 Å². The Bertz CT molecular complexity index is 1390. The first kappa shape index (κ1) is 27.0. The minimum atomic E-state index is -5.82. The molecule has 1 atom stereocenters. The van der Waals surface area contributed by atoms with Crippen LogP contribution < -0.4 is 9.50 Å². The van der Waals surface area contributed by atoms with Crippen LogP contribution in [0.5, 0.6) is 5.75 Å². The molecule has 3 aromatic rings. The number of hydrogen-bond donors (Lipinski definition) is 1. The molecule has 0 aromatic heterocycles. The van der Waals surface area contributed by atoms with Crippen molar-refractivity contribution in [3.63, 3.8) is 0 Å². The number of ether oxygens (including phenoxy) is 2. The lowest BCUT2D eigenvalue weighted by atomic mass is 9.98. The molecule has 38 heavy (non-hydrogen) atoms. The maximum atomic E-state index is 12.6. The van der Waals surface area contributed by atoms with Gasteiger partial charge in [0, 0.05) is 12.3 Å². The van der Waals surface area contributed by atoms with Crippen molar-refractivity contribution in [3.05, 3.63) is 89.5 Å². The number of carbonyl (C=O) groups is 2. The summed E-state index contributed by atoms with van der Waals surface area (Å²) in [6.07, 6.45) is -0.970. The first-order valence-corrected chi connectivity index (χ1v) is 12.7. The van der Waals surface area contributed by atoms with Crippen LogP contribution in [-0.4, -0.2) is 45.7 Å². The summed E-state index contributed by atoms with van der Waals surface area (Å²) in [7, 11) is -4.69. The van der Waals surface area contributed by atoms with E-state index in [1.807, 2.05) is 48.5 Å². The van der Waals surface area contributed by atoms with Gasteiger partial charge in [0.15, 0.2) is 0 Å². The first-order valence-electron chi connectivity index (χ1n) is 11.3. The average Bonchev–Trinajstić information content (AvgIpc) is 3.20. The molecular weight excluding hydrogens is 527 g/mol. The fourth-order valence-electron chi connectivity index (χ4n) is 4.21. The van der Waals surface area contributed by atoms with Crippen LogP contribution in [0.4, 0.5) is 18.0 Å². The Morgan fingerprint density at radius 1 is 0.921 bits per heavy atom. The van der Waals surface area contributed by atoms with E-state index in [0.717, 1.165) is 41.5 Å². The van der Waals surface area contributed by atoms with Crippen molar-refractivity contribution < 1.29 is 44.8 Å². The van der Waals surface area contributed by atoms with E-state index in [1.165, 1.54) is 12.1 Å². The van der Waals surface area contributed by atoms with Gasteiger partial charge in [-0.3, -0.25) is 0 Å². The van der Waals surface area contributed by atoms with E-state index >= 15 is 0 Å². The van der Waals surface area contributed by atoms with E-state index < -0.39 is 39.5 Å². The SMILES string of the molecule is COC(=O)[C@H](Cc1ccc(OS(=O)(=O)C(F)(F)F)cc1)NC(=O)OCC1c2ccccc2-c2ccccc21. The molecule has 1 amide bonds. The lowest BCUT2D eigenvalue weighted by molar-refractivity contribution is -0.143. The Kier molecular flexibility index (Phi) is 7.63. The number of methoxy groups -OCH3 is 1. The predicted octanol–water partition coefficient (Wildman–Crippen LogP) is 4.54. The standard InChI is InChI=1S/C26H22F3NO7S/c1-35-24(31)23(14-16-10-12-17(13-11-16)37-38(33,34)26(27,28)29)30-25(32)36-15-22-20-8-4-2-6-18(20)19-7-3-5-9-21(19)22/h2-13,22-23H,14-15H2,1H3,(H,30,32)/t23-/m0/s1. The molecule has 0 spiro atoms. The molecule has 3 aromatic carbocycles. The molecule has 1 N–H and O–H groups in total. The highest BCUT2D eigenvalue weighted by Gasteiger charge is 2.48. The van der Waals surface area contributed by atoms with Gasteiger partial charge in [0.05, 0.1) is 7.11 Å². The van der Waals surface area contributed by atoms with E-state index in [1.54, 1.807) is 0 Å². The number of rotatable bonds is 8. The fraction of sp³-hybridized carbons (Fsp3) is 0.231. The molecule has 0 saturated carbocycles. The molecule has 0 radical (unpaired) electrons. The number of amides is 1. The molecule has 0 bridgehead atoms. The number of esters is 1. The van der Waals surface area contributed by atoms with Gasteiger partial charge in [-0.25, -0.2) is 9.59 Å². The fourth-order valence-corrected chi connectivity index (χ4v) is 4.67. The molecule has 8 nitrogen and oxygen atoms in total. The van der Waals surface area contributed by atoms with Gasteiger partial charge in [0.1, 0.15) is 18.4 Å². The number of alkyl halides is 3. The Balaban J connectivity index is 1.40. The predicted molar refractivity (Wildman–Crippen MR) is 130 cm³/mol. The van der Waals surface area contributed by atoms with Gasteiger partial charge in [-0.2, -0.15) is 21.6 Å². The molecule has 200 valence electrons. The largest absolute Gasteiger partial charge is 0.534 e. The van der Waals surface area contributed by atoms with Gasteiger partial charge in [0.2, 0.25) is 0 Å². The van der Waals surface area contributed by atoms with Crippen LogP contribution in [0, 0.1) is 0 Å². The van der Waals surface area contributed by atoms with Crippen molar-refractivity contribution in [1.29, 1.82) is 0 Å². The summed E-state index contributed by atoms with van der Waals surface area (Å²) in [4.78, 5) is 24.9. The van der Waals surface area contributed by atoms with Crippen LogP contribution in [0.3, 0.4) is 0 Å². The van der Waals surface area contributed by atoms with Crippen molar-refractivity contribution in [1.82, 2.24) is 5.32 Å². The van der Waals surface area contributed by atoms with Crippen molar-refractivity contribution in [2.24, 2.45) is 0 Å². The number of alkyl carbamates (subject to hydrolysis) is 1. The Hall–Kier alpha value is -4.06. The van der Waals surface area contributed by atoms with Gasteiger partial charge in [0.25, 0.3) is 0 Å². The number of benzene rings is 3. The van der Waals surface area contributed by atoms with Crippen LogP contribution in [0.25, 0.3) is 11.1 Å². The van der Waals surface area contributed by atoms with Gasteiger partial charge < -0.3 is 19.0 Å². The van der Waals surface area contributed by atoms with E-state index in [0.29, 0.717) is 5.56 Å². The highest BCUT2D eigenvalue weighted by molar-refractivity contribution is 7.88. The van der Waals surface area contributed by atoms with E-state index in [9.17, 15) is 31.2 Å². The zero-order valence-corrected chi connectivity index (χ0v) is 20.7. The summed E-state index contributed by atoms with van der Waals surface area (Å²) < 4.78 is 74.1. The van der Waals surface area contributed by atoms with Crippen LogP contribution >= 0.6 is 0 Å². The smallest absolute Gasteiger partial charge is 0.467 e. The number of nitrogens with one attached hydrogen (secondary N) is 1. The molecular formula is C26H22F3NO7S. The monoisotopic (exact) mass is 549 g/mol. The van der Waals surface area contributed by atoms with Crippen molar-refractivity contribution in [2.45, 2.75) is 23.9 Å². The first-order chi connectivity index (χ1) is 18.0. The van der Waals surface area contributed by atoms with Crippen molar-refractivity contribution >= 4 is 22.2 Å². The third-order valence-corrected chi connectivity index (χ3v) is 6.95. The molecule has 4 rings (SSSR count). The lowest BCUT2D eigenvalue weighted by Gasteiger charge is -2.19. The number of fused-ring (bicyclic) bond motifs is 3. The van der Waals surface area contributed by atoms with Gasteiger partial charge >= 0.3 is 27.7 Å². The summed E-state index contributed by atoms with van der Waals surface area (Å²) in [5.41, 5.74) is -1.05. The molecule has 1 aliphatic rings. The lowest BCUT2D eigenvalue weighted by Crippen LogP contribution is -2.43. The van der Waals surface area contributed by atoms with Gasteiger partial charge in [-0.05, 0) is 39.9 Å². The Labute approximate surface area is 216 Å². The third kappa shape index (κ3) is 5.75. The zero-order valence-electron chi connectivity index (χ0n) is 19.9. The third-order valence-electron chi connectivity index (χ3n) is 5.97. The summed E-state index contributed by atoms with van der Waals surface area (Å²) in [6.45, 7) is 0.0213. The van der Waals surface area contributed by atoms with E-state index in [4.69, 9.17) is 9.47 Å². The van der Waals surface area contributed by atoms with Crippen LogP contribution in [0.1, 0.15) is 22.6 Å². The van der Waals surface area contributed by atoms with E-state index in [2.05, 4.69) is 9.50 Å². The molecule has 1 aliphatic carbocycles. The Morgan fingerprint density at radius 3 is 2.00 bits per heavy atom. The molecule has 0 fully saturated rings. The van der Waals surface area contributed by atoms with Crippen molar-refractivity contribution in [2.75, 3.05) is 13.7 Å². The second-order valence-electron chi connectivity index (χ2n) is 8.38. The van der Waals surface area contributed by atoms with Crippen LogP contribution in [0.15, 0.2) is 72.8 Å². The summed E-state index contributed by atoms with van der Waals surface area (Å²) >= 11 is 0. The van der Waals surface area contributed by atoms with E-state index in [-0.39, 0.29) is 18.9 Å². The number of hydrogen-bond acceptors (Lipinski definition) is 7. The van der Waals surface area contributed by atoms with Gasteiger partial charge in [-0.15, -0.1) is 0 Å². The summed E-state index contributed by atoms with van der Waals surface area (Å²) in [6, 6.07) is 18.9. The topological polar surface area (TPSA) is 108 Å². The average molecular weight is 550 g/mol. The zero-order chi connectivity index (χ0) is 27.5. The Morgan fingerprint density at radius 2 is 1.47 bits per heavy atom. The second kappa shape index (κ2) is 10.7. The molecule has 0 aliphatic heterocycles. The highest BCUT2D eigenvalue weighted by Crippen LogP contribution is 2.44. The highest BCUT2D eigenvalue weighted by atomic mass is 32.2. The molecule has 0 saturated heterocycles. The normalized spacial score (nSPS) is 13.7. The minimum Gasteiger partial charge on any atom is -0.467 e. The van der Waals surface area contributed by atoms with Gasteiger partial charge in [-0.1, -0.05) is 60.7 Å². The summed E-state index contributed by atoms with van der Waals surface area (Å²) in [5.74, 6) is -1.53. The molecule has 0 unspecified atom stereocenters. The van der Waals surface area contributed by atoms with Crippen molar-refractivity contribution in [3.8, 4) is 16.9 Å². The number of carbonyl (C=O) groups excluding carboxylic acids is 2. The second-order valence-corrected chi connectivity index (χ2v) is 9.91. The van der Waals surface area contributed by atoms with Crippen LogP contribution in [0.2, 0.25) is 0 Å².